The molecule has 0 aliphatic carbocycles. The predicted octanol–water partition coefficient (Wildman–Crippen LogP) is 3.85. The average Bonchev–Trinajstić information content (AvgIpc) is 2.66. The lowest BCUT2D eigenvalue weighted by atomic mass is 9.95. The van der Waals surface area contributed by atoms with E-state index in [2.05, 4.69) is 10.6 Å². The van der Waals surface area contributed by atoms with Crippen molar-refractivity contribution in [2.75, 3.05) is 0 Å². The smallest absolute Gasteiger partial charge is 0.338 e. The second kappa shape index (κ2) is 8.61. The van der Waals surface area contributed by atoms with Gasteiger partial charge in [-0.2, -0.15) is 0 Å². The van der Waals surface area contributed by atoms with Crippen molar-refractivity contribution in [1.29, 1.82) is 0 Å². The molecule has 6 heteroatoms. The topological polar surface area (TPSA) is 76.7 Å². The first-order chi connectivity index (χ1) is 13.5. The van der Waals surface area contributed by atoms with Crippen LogP contribution in [0.15, 0.2) is 65.9 Å². The minimum atomic E-state index is -0.660. The van der Waals surface area contributed by atoms with Crippen molar-refractivity contribution in [3.63, 3.8) is 0 Å². The van der Waals surface area contributed by atoms with Crippen LogP contribution in [0.3, 0.4) is 0 Å². The molecule has 28 heavy (non-hydrogen) atoms. The predicted molar refractivity (Wildman–Crippen MR) is 106 cm³/mol. The lowest BCUT2D eigenvalue weighted by molar-refractivity contribution is -0.140. The molecule has 0 aromatic heterocycles. The van der Waals surface area contributed by atoms with Gasteiger partial charge in [0.1, 0.15) is 12.4 Å². The molecule has 1 heterocycles. The maximum atomic E-state index is 12.9. The summed E-state index contributed by atoms with van der Waals surface area (Å²) >= 11 is 0. The van der Waals surface area contributed by atoms with Crippen LogP contribution in [-0.2, 0) is 16.1 Å². The fourth-order valence-electron chi connectivity index (χ4n) is 3.08. The van der Waals surface area contributed by atoms with Crippen LogP contribution in [0.25, 0.3) is 0 Å². The van der Waals surface area contributed by atoms with Gasteiger partial charge in [-0.3, -0.25) is 0 Å². The Morgan fingerprint density at radius 3 is 2.46 bits per heavy atom. The number of allylic oxidation sites excluding steroid dienone is 1. The van der Waals surface area contributed by atoms with E-state index >= 15 is 0 Å². The summed E-state index contributed by atoms with van der Waals surface area (Å²) in [4.78, 5) is 25.0. The molecule has 0 spiro atoms. The molecular weight excluding hydrogens is 356 g/mol. The molecule has 1 aliphatic heterocycles. The Morgan fingerprint density at radius 1 is 1.07 bits per heavy atom. The third-order valence-corrected chi connectivity index (χ3v) is 4.29. The molecule has 1 aliphatic rings. The van der Waals surface area contributed by atoms with E-state index in [1.54, 1.807) is 6.92 Å². The summed E-state index contributed by atoms with van der Waals surface area (Å²) in [5.41, 5.74) is 2.42. The van der Waals surface area contributed by atoms with Crippen molar-refractivity contribution >= 4 is 12.0 Å². The summed E-state index contributed by atoms with van der Waals surface area (Å²) in [5, 5.41) is 5.47. The molecule has 2 aromatic carbocycles. The number of esters is 1. The highest BCUT2D eigenvalue weighted by molar-refractivity contribution is 5.95. The molecule has 2 N–H and O–H groups in total. The molecule has 2 amide bonds. The van der Waals surface area contributed by atoms with Gasteiger partial charge in [0.15, 0.2) is 0 Å². The van der Waals surface area contributed by atoms with Crippen molar-refractivity contribution in [1.82, 2.24) is 10.6 Å². The standard InChI is InChI=1S/C22H24N2O4/c1-14(2)28-18-12-8-7-11-17(18)20-19(15(3)23-22(26)24-20)21(25)27-13-16-9-5-4-6-10-16/h4-12,14,20H,13H2,1-3H3,(H2,23,24,26). The lowest BCUT2D eigenvalue weighted by Gasteiger charge is -2.29. The van der Waals surface area contributed by atoms with Crippen LogP contribution in [-0.4, -0.2) is 18.1 Å². The summed E-state index contributed by atoms with van der Waals surface area (Å²) < 4.78 is 11.4. The Hall–Kier alpha value is -3.28. The van der Waals surface area contributed by atoms with E-state index in [0.717, 1.165) is 5.56 Å². The van der Waals surface area contributed by atoms with Crippen molar-refractivity contribution in [2.24, 2.45) is 0 Å². The Kier molecular flexibility index (Phi) is 5.99. The maximum absolute atomic E-state index is 12.9. The number of carbonyl (C=O) groups excluding carboxylic acids is 2. The van der Waals surface area contributed by atoms with Crippen LogP contribution in [0.1, 0.15) is 37.9 Å². The summed E-state index contributed by atoms with van der Waals surface area (Å²) in [6.07, 6.45) is -0.0443. The Morgan fingerprint density at radius 2 is 1.75 bits per heavy atom. The van der Waals surface area contributed by atoms with Crippen LogP contribution in [0.4, 0.5) is 4.79 Å². The van der Waals surface area contributed by atoms with Crippen LogP contribution < -0.4 is 15.4 Å². The molecule has 0 radical (unpaired) electrons. The monoisotopic (exact) mass is 380 g/mol. The number of amides is 2. The van der Waals surface area contributed by atoms with Crippen molar-refractivity contribution < 1.29 is 19.1 Å². The largest absolute Gasteiger partial charge is 0.491 e. The fraction of sp³-hybridized carbons (Fsp3) is 0.273. The molecular formula is C22H24N2O4. The highest BCUT2D eigenvalue weighted by Gasteiger charge is 2.34. The summed E-state index contributed by atoms with van der Waals surface area (Å²) in [6.45, 7) is 5.69. The van der Waals surface area contributed by atoms with Gasteiger partial charge in [-0.1, -0.05) is 48.5 Å². The van der Waals surface area contributed by atoms with Crippen molar-refractivity contribution in [2.45, 2.75) is 39.5 Å². The van der Waals surface area contributed by atoms with Crippen molar-refractivity contribution in [3.8, 4) is 5.75 Å². The minimum Gasteiger partial charge on any atom is -0.491 e. The van der Waals surface area contributed by atoms with E-state index in [1.165, 1.54) is 0 Å². The zero-order valence-corrected chi connectivity index (χ0v) is 16.2. The number of benzene rings is 2. The number of ether oxygens (including phenoxy) is 2. The van der Waals surface area contributed by atoms with E-state index < -0.39 is 12.0 Å². The highest BCUT2D eigenvalue weighted by Crippen LogP contribution is 2.34. The fourth-order valence-corrected chi connectivity index (χ4v) is 3.08. The van der Waals surface area contributed by atoms with Crippen LogP contribution in [0, 0.1) is 0 Å². The van der Waals surface area contributed by atoms with E-state index in [9.17, 15) is 9.59 Å². The van der Waals surface area contributed by atoms with Crippen molar-refractivity contribution in [3.05, 3.63) is 77.0 Å². The van der Waals surface area contributed by atoms with E-state index in [1.807, 2.05) is 68.4 Å². The molecule has 0 saturated carbocycles. The highest BCUT2D eigenvalue weighted by atomic mass is 16.5. The number of rotatable bonds is 6. The third kappa shape index (κ3) is 4.52. The maximum Gasteiger partial charge on any atom is 0.338 e. The van der Waals surface area contributed by atoms with E-state index in [0.29, 0.717) is 22.6 Å². The van der Waals surface area contributed by atoms with Crippen LogP contribution in [0.5, 0.6) is 5.75 Å². The quantitative estimate of drug-likeness (QED) is 0.747. The number of hydrogen-bond donors (Lipinski definition) is 2. The second-order valence-corrected chi connectivity index (χ2v) is 6.84. The molecule has 146 valence electrons. The Labute approximate surface area is 164 Å². The second-order valence-electron chi connectivity index (χ2n) is 6.84. The summed E-state index contributed by atoms with van der Waals surface area (Å²) in [5.74, 6) is 0.129. The Bertz CT molecular complexity index is 890. The lowest BCUT2D eigenvalue weighted by Crippen LogP contribution is -2.45. The molecule has 1 unspecified atom stereocenters. The van der Waals surface area contributed by atoms with E-state index in [-0.39, 0.29) is 18.7 Å². The zero-order chi connectivity index (χ0) is 20.1. The number of urea groups is 1. The van der Waals surface area contributed by atoms with Gasteiger partial charge in [-0.15, -0.1) is 0 Å². The molecule has 1 atom stereocenters. The van der Waals surface area contributed by atoms with Gasteiger partial charge >= 0.3 is 12.0 Å². The molecule has 0 fully saturated rings. The molecule has 6 nitrogen and oxygen atoms in total. The van der Waals surface area contributed by atoms with Crippen LogP contribution >= 0.6 is 0 Å². The van der Waals surface area contributed by atoms with Crippen LogP contribution in [0.2, 0.25) is 0 Å². The van der Waals surface area contributed by atoms with Gasteiger partial charge in [-0.25, -0.2) is 9.59 Å². The average molecular weight is 380 g/mol. The number of hydrogen-bond acceptors (Lipinski definition) is 4. The molecule has 3 rings (SSSR count). The zero-order valence-electron chi connectivity index (χ0n) is 16.2. The third-order valence-electron chi connectivity index (χ3n) is 4.29. The minimum absolute atomic E-state index is 0.0443. The summed E-state index contributed by atoms with van der Waals surface area (Å²) in [7, 11) is 0. The first-order valence-electron chi connectivity index (χ1n) is 9.20. The van der Waals surface area contributed by atoms with Gasteiger partial charge in [-0.05, 0) is 32.4 Å². The van der Waals surface area contributed by atoms with Gasteiger partial charge in [0.05, 0.1) is 17.7 Å². The van der Waals surface area contributed by atoms with E-state index in [4.69, 9.17) is 9.47 Å². The first kappa shape index (κ1) is 19.5. The number of carbonyl (C=O) groups is 2. The number of para-hydroxylation sites is 1. The first-order valence-corrected chi connectivity index (χ1v) is 9.20. The van der Waals surface area contributed by atoms with Gasteiger partial charge in [0.2, 0.25) is 0 Å². The van der Waals surface area contributed by atoms with Gasteiger partial charge in [0.25, 0.3) is 0 Å². The Balaban J connectivity index is 1.90. The molecule has 0 bridgehead atoms. The van der Waals surface area contributed by atoms with Gasteiger partial charge < -0.3 is 20.1 Å². The molecule has 2 aromatic rings. The number of nitrogens with one attached hydrogen (secondary N) is 2. The normalized spacial score (nSPS) is 16.4. The molecule has 0 saturated heterocycles. The summed E-state index contributed by atoms with van der Waals surface area (Å²) in [6, 6.07) is 15.8. The SMILES string of the molecule is CC1=C(C(=O)OCc2ccccc2)C(c2ccccc2OC(C)C)NC(=O)N1. The van der Waals surface area contributed by atoms with Gasteiger partial charge in [0, 0.05) is 11.3 Å².